The van der Waals surface area contributed by atoms with Gasteiger partial charge in [0.15, 0.2) is 6.10 Å². The van der Waals surface area contributed by atoms with Crippen molar-refractivity contribution < 1.29 is 24.2 Å². The second kappa shape index (κ2) is 82.3. The van der Waals surface area contributed by atoms with Crippen LogP contribution < -0.4 is 0 Å². The molecule has 5 nitrogen and oxygen atoms in total. The summed E-state index contributed by atoms with van der Waals surface area (Å²) in [5, 5.41) is 9.74. The highest BCUT2D eigenvalue weighted by Gasteiger charge is 2.16. The molecule has 1 N–H and O–H groups in total. The van der Waals surface area contributed by atoms with Crippen LogP contribution in [0.1, 0.15) is 438 Å². The van der Waals surface area contributed by atoms with E-state index in [1.165, 1.54) is 334 Å². The number of rotatable bonds is 77. The molecule has 0 aliphatic rings. The van der Waals surface area contributed by atoms with Crippen LogP contribution in [0.25, 0.3) is 0 Å². The van der Waals surface area contributed by atoms with Crippen molar-refractivity contribution in [3.8, 4) is 0 Å². The monoisotopic (exact) mass is 1280 g/mol. The number of carbonyl (C=O) groups excluding carboxylic acids is 2. The normalized spacial score (nSPS) is 12.6. The molecule has 0 heterocycles. The van der Waals surface area contributed by atoms with Crippen molar-refractivity contribution in [3.63, 3.8) is 0 Å². The van der Waals surface area contributed by atoms with Crippen molar-refractivity contribution in [1.82, 2.24) is 0 Å². The van der Waals surface area contributed by atoms with Gasteiger partial charge in [0.25, 0.3) is 0 Å². The van der Waals surface area contributed by atoms with Gasteiger partial charge in [-0.05, 0) is 89.9 Å². The summed E-state index contributed by atoms with van der Waals surface area (Å²) in [6, 6.07) is 0. The number of carbonyl (C=O) groups is 2. The van der Waals surface area contributed by atoms with Gasteiger partial charge in [-0.1, -0.05) is 420 Å². The molecule has 92 heavy (non-hydrogen) atoms. The molecule has 0 aliphatic heterocycles. The van der Waals surface area contributed by atoms with Crippen LogP contribution in [-0.4, -0.2) is 36.4 Å². The minimum absolute atomic E-state index is 0.0604. The van der Waals surface area contributed by atoms with Crippen molar-refractivity contribution in [2.45, 2.75) is 444 Å². The molecule has 0 saturated heterocycles. The molecule has 0 bridgehead atoms. The Labute approximate surface area is 575 Å². The zero-order valence-corrected chi connectivity index (χ0v) is 61.8. The number of hydrogen-bond donors (Lipinski definition) is 1. The van der Waals surface area contributed by atoms with Crippen molar-refractivity contribution >= 4 is 11.9 Å². The van der Waals surface area contributed by atoms with Crippen molar-refractivity contribution in [2.24, 2.45) is 0 Å². The lowest BCUT2D eigenvalue weighted by molar-refractivity contribution is -0.161. The fraction of sp³-hybridized carbons (Fsp3) is 0.816. The minimum Gasteiger partial charge on any atom is -0.462 e. The van der Waals surface area contributed by atoms with Gasteiger partial charge in [0, 0.05) is 12.8 Å². The zero-order valence-electron chi connectivity index (χ0n) is 61.8. The summed E-state index contributed by atoms with van der Waals surface area (Å²) in [5.74, 6) is -0.565. The number of unbranched alkanes of at least 4 members (excludes halogenated alkanes) is 55. The lowest BCUT2D eigenvalue weighted by atomic mass is 10.0. The predicted octanol–water partition coefficient (Wildman–Crippen LogP) is 29.1. The van der Waals surface area contributed by atoms with Gasteiger partial charge in [0.2, 0.25) is 0 Å². The SMILES string of the molecule is CC/C=C\C/C=C\C/C=C\C/C=C\C/C=C\CCCCCCCCCCCCCCCCCCCCCCCCCCCC(=O)OC(CO)COC(=O)CCCCCCCCCCCCCCCCCCCCCCCCCCC/C=C\C/C=C\CCCCCCC. The van der Waals surface area contributed by atoms with E-state index in [1.807, 2.05) is 0 Å². The first-order valence-corrected chi connectivity index (χ1v) is 41.1. The van der Waals surface area contributed by atoms with Gasteiger partial charge < -0.3 is 14.6 Å². The highest BCUT2D eigenvalue weighted by Crippen LogP contribution is 2.20. The van der Waals surface area contributed by atoms with E-state index in [4.69, 9.17) is 9.47 Å². The zero-order chi connectivity index (χ0) is 66.1. The number of allylic oxidation sites excluding steroid dienone is 14. The molecule has 0 fully saturated rings. The van der Waals surface area contributed by atoms with Gasteiger partial charge in [-0.2, -0.15) is 0 Å². The summed E-state index contributed by atoms with van der Waals surface area (Å²) in [4.78, 5) is 24.7. The Bertz CT molecular complexity index is 1650. The van der Waals surface area contributed by atoms with Crippen molar-refractivity contribution in [2.75, 3.05) is 13.2 Å². The van der Waals surface area contributed by atoms with Gasteiger partial charge in [-0.25, -0.2) is 0 Å². The number of aliphatic hydroxyl groups is 1. The summed E-state index contributed by atoms with van der Waals surface area (Å²) in [7, 11) is 0. The maximum Gasteiger partial charge on any atom is 0.306 e. The molecule has 0 aromatic carbocycles. The first-order chi connectivity index (χ1) is 45.6. The third-order valence-electron chi connectivity index (χ3n) is 18.7. The molecular weight excluding hydrogens is 1120 g/mol. The fourth-order valence-electron chi connectivity index (χ4n) is 12.6. The molecule has 5 heteroatoms. The van der Waals surface area contributed by atoms with Crippen LogP contribution in [0.5, 0.6) is 0 Å². The summed E-state index contributed by atoms with van der Waals surface area (Å²) in [6.45, 7) is 4.07. The van der Waals surface area contributed by atoms with Crippen molar-refractivity contribution in [1.29, 1.82) is 0 Å². The molecule has 0 aromatic heterocycles. The lowest BCUT2D eigenvalue weighted by Gasteiger charge is -2.15. The van der Waals surface area contributed by atoms with Gasteiger partial charge in [0.1, 0.15) is 6.61 Å². The first-order valence-electron chi connectivity index (χ1n) is 41.1. The topological polar surface area (TPSA) is 72.8 Å². The van der Waals surface area contributed by atoms with Gasteiger partial charge in [-0.15, -0.1) is 0 Å². The quantitative estimate of drug-likeness (QED) is 0.0373. The predicted molar refractivity (Wildman–Crippen MR) is 408 cm³/mol. The Morgan fingerprint density at radius 3 is 0.707 bits per heavy atom. The highest BCUT2D eigenvalue weighted by molar-refractivity contribution is 5.70. The number of ether oxygens (including phenoxy) is 2. The average Bonchev–Trinajstić information content (AvgIpc) is 3.64. The Kier molecular flexibility index (Phi) is 79.7. The van der Waals surface area contributed by atoms with Crippen LogP contribution >= 0.6 is 0 Å². The summed E-state index contributed by atoms with van der Waals surface area (Å²) < 4.78 is 10.8. The van der Waals surface area contributed by atoms with Crippen LogP contribution in [0.4, 0.5) is 0 Å². The molecule has 1 atom stereocenters. The molecular formula is C87H158O5. The third-order valence-corrected chi connectivity index (χ3v) is 18.7. The van der Waals surface area contributed by atoms with E-state index in [0.29, 0.717) is 12.8 Å². The third kappa shape index (κ3) is 79.5. The molecule has 0 rings (SSSR count). The van der Waals surface area contributed by atoms with Crippen LogP contribution in [-0.2, 0) is 19.1 Å². The second-order valence-corrected chi connectivity index (χ2v) is 27.8. The van der Waals surface area contributed by atoms with E-state index in [0.717, 1.165) is 77.0 Å². The van der Waals surface area contributed by atoms with Crippen LogP contribution in [0.2, 0.25) is 0 Å². The van der Waals surface area contributed by atoms with Crippen LogP contribution in [0.15, 0.2) is 85.1 Å². The Balaban J connectivity index is 3.37. The fourth-order valence-corrected chi connectivity index (χ4v) is 12.6. The molecule has 0 aromatic rings. The first kappa shape index (κ1) is 89.1. The maximum atomic E-state index is 12.4. The summed E-state index contributed by atoms with van der Waals surface area (Å²) >= 11 is 0. The van der Waals surface area contributed by atoms with Crippen LogP contribution in [0, 0.1) is 0 Å². The molecule has 1 unspecified atom stereocenters. The molecule has 536 valence electrons. The number of hydrogen-bond acceptors (Lipinski definition) is 5. The standard InChI is InChI=1S/C87H158O5/c1-3-5-7-9-11-13-15-17-19-21-23-25-27-29-31-33-35-37-39-41-42-43-44-46-48-50-52-54-56-58-60-62-64-66-68-70-72-74-76-78-80-82-87(90)92-85(83-88)84-91-86(89)81-79-77-75-73-71-69-67-65-63-61-59-57-55-53-51-49-47-45-40-38-36-34-32-30-28-26-24-22-20-18-16-14-12-10-8-6-4-2/h5,7,11,13,16-19,22-25,29,31,85,88H,3-4,6,8-10,12,14-15,20-21,26-28,30,32-84H2,1-2H3/b7-5-,13-11-,18-16-,19-17-,24-22-,25-23-,31-29-. The Morgan fingerprint density at radius 1 is 0.261 bits per heavy atom. The van der Waals surface area contributed by atoms with Gasteiger partial charge in [0.05, 0.1) is 6.61 Å². The molecule has 0 saturated carbocycles. The molecule has 0 aliphatic carbocycles. The Morgan fingerprint density at radius 2 is 0.467 bits per heavy atom. The van der Waals surface area contributed by atoms with E-state index >= 15 is 0 Å². The largest absolute Gasteiger partial charge is 0.462 e. The molecule has 0 amide bonds. The van der Waals surface area contributed by atoms with E-state index in [-0.39, 0.29) is 25.2 Å². The number of aliphatic hydroxyl groups excluding tert-OH is 1. The second-order valence-electron chi connectivity index (χ2n) is 27.8. The van der Waals surface area contributed by atoms with E-state index in [1.54, 1.807) is 0 Å². The average molecular weight is 1280 g/mol. The Hall–Kier alpha value is -2.92. The summed E-state index contributed by atoms with van der Waals surface area (Å²) in [6.07, 6.45) is 117. The maximum absolute atomic E-state index is 12.4. The van der Waals surface area contributed by atoms with Gasteiger partial charge >= 0.3 is 11.9 Å². The van der Waals surface area contributed by atoms with E-state index in [2.05, 4.69) is 98.9 Å². The van der Waals surface area contributed by atoms with Crippen LogP contribution in [0.3, 0.4) is 0 Å². The smallest absolute Gasteiger partial charge is 0.306 e. The number of esters is 2. The van der Waals surface area contributed by atoms with E-state index in [9.17, 15) is 14.7 Å². The molecule has 0 spiro atoms. The van der Waals surface area contributed by atoms with Gasteiger partial charge in [-0.3, -0.25) is 9.59 Å². The minimum atomic E-state index is -0.772. The molecule has 0 radical (unpaired) electrons. The van der Waals surface area contributed by atoms with E-state index < -0.39 is 6.10 Å². The lowest BCUT2D eigenvalue weighted by Crippen LogP contribution is -2.28. The van der Waals surface area contributed by atoms with Crippen molar-refractivity contribution in [3.05, 3.63) is 85.1 Å². The summed E-state index contributed by atoms with van der Waals surface area (Å²) in [5.41, 5.74) is 0. The highest BCUT2D eigenvalue weighted by atomic mass is 16.6.